The zero-order valence-electron chi connectivity index (χ0n) is 7.53. The van der Waals surface area contributed by atoms with Crippen LogP contribution < -0.4 is 10.6 Å². The fourth-order valence-electron chi connectivity index (χ4n) is 1.13. The molecule has 1 aromatic rings. The first-order valence-corrected chi connectivity index (χ1v) is 4.69. The fourth-order valence-corrected chi connectivity index (χ4v) is 1.13. The van der Waals surface area contributed by atoms with Gasteiger partial charge in [-0.05, 0) is 18.9 Å². The number of hydrogen-bond acceptors (Lipinski definition) is 4. The molecule has 1 aliphatic rings. The smallest absolute Gasteiger partial charge is 0.222 e. The Kier molecular flexibility index (Phi) is 2.72. The van der Waals surface area contributed by atoms with E-state index in [0.717, 1.165) is 19.1 Å². The number of aromatic nitrogens is 2. The van der Waals surface area contributed by atoms with Crippen molar-refractivity contribution < 1.29 is 0 Å². The molecule has 2 N–H and O–H groups in total. The number of nitrogens with zero attached hydrogens (tertiary/aromatic N) is 2. The minimum absolute atomic E-state index is 0.708. The van der Waals surface area contributed by atoms with Gasteiger partial charge in [0.25, 0.3) is 0 Å². The number of rotatable bonds is 5. The zero-order valence-corrected chi connectivity index (χ0v) is 7.53. The van der Waals surface area contributed by atoms with Crippen LogP contribution >= 0.6 is 0 Å². The van der Waals surface area contributed by atoms with E-state index >= 15 is 0 Å². The second kappa shape index (κ2) is 4.18. The average molecular weight is 178 g/mol. The molecule has 2 rings (SSSR count). The van der Waals surface area contributed by atoms with Gasteiger partial charge in [0.05, 0.1) is 0 Å². The van der Waals surface area contributed by atoms with E-state index in [9.17, 15) is 0 Å². The summed E-state index contributed by atoms with van der Waals surface area (Å²) in [5.41, 5.74) is 0. The van der Waals surface area contributed by atoms with Crippen molar-refractivity contribution in [2.24, 2.45) is 0 Å². The summed E-state index contributed by atoms with van der Waals surface area (Å²) in [4.78, 5) is 8.12. The topological polar surface area (TPSA) is 49.8 Å². The fraction of sp³-hybridized carbons (Fsp3) is 0.556. The molecule has 0 atom stereocenters. The molecule has 1 aromatic heterocycles. The molecule has 4 heteroatoms. The quantitative estimate of drug-likeness (QED) is 0.650. The Labute approximate surface area is 77.8 Å². The standard InChI is InChI=1S/C9H14N4/c1-4-11-9(12-5-1)13-7-6-10-8-2-3-8/h1,4-5,8,10H,2-3,6-7H2,(H,11,12,13). The highest BCUT2D eigenvalue weighted by Gasteiger charge is 2.19. The molecule has 0 radical (unpaired) electrons. The monoisotopic (exact) mass is 178 g/mol. The Morgan fingerprint density at radius 3 is 2.69 bits per heavy atom. The molecule has 0 amide bonds. The maximum absolute atomic E-state index is 4.06. The summed E-state index contributed by atoms with van der Waals surface area (Å²) in [6.07, 6.45) is 6.15. The molecule has 0 bridgehead atoms. The van der Waals surface area contributed by atoms with Crippen LogP contribution in [0.5, 0.6) is 0 Å². The zero-order chi connectivity index (χ0) is 8.93. The Bertz CT molecular complexity index is 245. The molecule has 0 saturated heterocycles. The van der Waals surface area contributed by atoms with E-state index in [1.54, 1.807) is 12.4 Å². The lowest BCUT2D eigenvalue weighted by Gasteiger charge is -2.04. The minimum Gasteiger partial charge on any atom is -0.353 e. The van der Waals surface area contributed by atoms with Gasteiger partial charge in [-0.15, -0.1) is 0 Å². The summed E-state index contributed by atoms with van der Waals surface area (Å²) in [5, 5.41) is 6.55. The number of anilines is 1. The van der Waals surface area contributed by atoms with Crippen LogP contribution in [0.25, 0.3) is 0 Å². The van der Waals surface area contributed by atoms with E-state index < -0.39 is 0 Å². The van der Waals surface area contributed by atoms with Crippen LogP contribution in [-0.4, -0.2) is 29.1 Å². The molecule has 1 saturated carbocycles. The normalized spacial score (nSPS) is 15.7. The van der Waals surface area contributed by atoms with Crippen molar-refractivity contribution in [3.63, 3.8) is 0 Å². The van der Waals surface area contributed by atoms with Gasteiger partial charge in [0.2, 0.25) is 5.95 Å². The molecule has 13 heavy (non-hydrogen) atoms. The highest BCUT2D eigenvalue weighted by atomic mass is 15.1. The highest BCUT2D eigenvalue weighted by Crippen LogP contribution is 2.17. The number of nitrogens with one attached hydrogen (secondary N) is 2. The SMILES string of the molecule is c1cnc(NCCNC2CC2)nc1. The summed E-state index contributed by atoms with van der Waals surface area (Å²) in [5.74, 6) is 0.708. The average Bonchev–Trinajstić information content (AvgIpc) is 2.98. The second-order valence-electron chi connectivity index (χ2n) is 3.23. The Morgan fingerprint density at radius 2 is 2.00 bits per heavy atom. The van der Waals surface area contributed by atoms with Crippen LogP contribution in [0.2, 0.25) is 0 Å². The molecule has 0 aliphatic heterocycles. The summed E-state index contributed by atoms with van der Waals surface area (Å²) in [6, 6.07) is 2.59. The predicted molar refractivity (Wildman–Crippen MR) is 51.5 cm³/mol. The molecular weight excluding hydrogens is 164 g/mol. The van der Waals surface area contributed by atoms with Gasteiger partial charge in [-0.3, -0.25) is 0 Å². The van der Waals surface area contributed by atoms with E-state index in [4.69, 9.17) is 0 Å². The Morgan fingerprint density at radius 1 is 1.23 bits per heavy atom. The lowest BCUT2D eigenvalue weighted by Crippen LogP contribution is -2.24. The van der Waals surface area contributed by atoms with Crippen LogP contribution in [-0.2, 0) is 0 Å². The summed E-state index contributed by atoms with van der Waals surface area (Å²) >= 11 is 0. The molecule has 1 heterocycles. The van der Waals surface area contributed by atoms with Crippen LogP contribution in [0, 0.1) is 0 Å². The molecule has 4 nitrogen and oxygen atoms in total. The van der Waals surface area contributed by atoms with Crippen molar-refractivity contribution in [3.8, 4) is 0 Å². The first-order chi connectivity index (χ1) is 6.45. The summed E-state index contributed by atoms with van der Waals surface area (Å²) < 4.78 is 0. The van der Waals surface area contributed by atoms with Gasteiger partial charge in [-0.2, -0.15) is 0 Å². The van der Waals surface area contributed by atoms with E-state index in [1.807, 2.05) is 6.07 Å². The molecule has 1 fully saturated rings. The first-order valence-electron chi connectivity index (χ1n) is 4.69. The summed E-state index contributed by atoms with van der Waals surface area (Å²) in [7, 11) is 0. The van der Waals surface area contributed by atoms with Crippen molar-refractivity contribution in [3.05, 3.63) is 18.5 Å². The van der Waals surface area contributed by atoms with Gasteiger partial charge >= 0.3 is 0 Å². The van der Waals surface area contributed by atoms with E-state index in [2.05, 4.69) is 20.6 Å². The largest absolute Gasteiger partial charge is 0.353 e. The van der Waals surface area contributed by atoms with Gasteiger partial charge in [0.15, 0.2) is 0 Å². The van der Waals surface area contributed by atoms with E-state index in [1.165, 1.54) is 12.8 Å². The minimum atomic E-state index is 0.708. The maximum Gasteiger partial charge on any atom is 0.222 e. The van der Waals surface area contributed by atoms with Crippen molar-refractivity contribution in [2.75, 3.05) is 18.4 Å². The molecule has 70 valence electrons. The van der Waals surface area contributed by atoms with Crippen LogP contribution in [0.15, 0.2) is 18.5 Å². The maximum atomic E-state index is 4.06. The van der Waals surface area contributed by atoms with Crippen molar-refractivity contribution in [1.82, 2.24) is 15.3 Å². The van der Waals surface area contributed by atoms with Gasteiger partial charge in [-0.25, -0.2) is 9.97 Å². The molecule has 0 aromatic carbocycles. The first kappa shape index (κ1) is 8.44. The van der Waals surface area contributed by atoms with Crippen molar-refractivity contribution in [2.45, 2.75) is 18.9 Å². The van der Waals surface area contributed by atoms with Gasteiger partial charge in [0, 0.05) is 31.5 Å². The Hall–Kier alpha value is -1.16. The third-order valence-corrected chi connectivity index (χ3v) is 1.98. The lowest BCUT2D eigenvalue weighted by atomic mass is 10.5. The van der Waals surface area contributed by atoms with Gasteiger partial charge in [-0.1, -0.05) is 0 Å². The van der Waals surface area contributed by atoms with E-state index in [-0.39, 0.29) is 0 Å². The van der Waals surface area contributed by atoms with Crippen molar-refractivity contribution in [1.29, 1.82) is 0 Å². The van der Waals surface area contributed by atoms with Crippen LogP contribution in [0.4, 0.5) is 5.95 Å². The predicted octanol–water partition coefficient (Wildman–Crippen LogP) is 0.640. The third-order valence-electron chi connectivity index (χ3n) is 1.98. The second-order valence-corrected chi connectivity index (χ2v) is 3.23. The highest BCUT2D eigenvalue weighted by molar-refractivity contribution is 5.21. The van der Waals surface area contributed by atoms with Crippen molar-refractivity contribution >= 4 is 5.95 Å². The third kappa shape index (κ3) is 2.99. The van der Waals surface area contributed by atoms with Gasteiger partial charge < -0.3 is 10.6 Å². The summed E-state index contributed by atoms with van der Waals surface area (Å²) in [6.45, 7) is 1.88. The van der Waals surface area contributed by atoms with E-state index in [0.29, 0.717) is 5.95 Å². The van der Waals surface area contributed by atoms with Gasteiger partial charge in [0.1, 0.15) is 0 Å². The molecule has 1 aliphatic carbocycles. The lowest BCUT2D eigenvalue weighted by molar-refractivity contribution is 0.699. The van der Waals surface area contributed by atoms with Crippen LogP contribution in [0.1, 0.15) is 12.8 Å². The van der Waals surface area contributed by atoms with Crippen LogP contribution in [0.3, 0.4) is 0 Å². The molecule has 0 unspecified atom stereocenters. The Balaban J connectivity index is 1.61. The molecular formula is C9H14N4. The number of hydrogen-bond donors (Lipinski definition) is 2. The molecule has 0 spiro atoms.